The normalized spacial score (nSPS) is 15.6. The smallest absolute Gasteiger partial charge is 0.308 e. The van der Waals surface area contributed by atoms with Crippen LogP contribution in [0.2, 0.25) is 0 Å². The van der Waals surface area contributed by atoms with Crippen molar-refractivity contribution in [2.45, 2.75) is 11.3 Å². The number of rotatable bonds is 3. The first-order valence-corrected chi connectivity index (χ1v) is 7.75. The van der Waals surface area contributed by atoms with Crippen LogP contribution in [0.4, 0.5) is 11.5 Å². The molecule has 0 amide bonds. The molecule has 0 aliphatic carbocycles. The van der Waals surface area contributed by atoms with Crippen molar-refractivity contribution in [2.75, 3.05) is 4.31 Å². The molecule has 0 saturated carbocycles. The van der Waals surface area contributed by atoms with Crippen molar-refractivity contribution in [2.24, 2.45) is 12.0 Å². The number of sulfonamides is 1. The van der Waals surface area contributed by atoms with Gasteiger partial charge in [0.15, 0.2) is 0 Å². The van der Waals surface area contributed by atoms with Crippen molar-refractivity contribution in [1.82, 2.24) is 9.78 Å². The SMILES string of the molecule is Cn1ncc(CC(=O)O)c1N1C=Nc2ccccc2S1(=O)=O. The van der Waals surface area contributed by atoms with Gasteiger partial charge in [-0.2, -0.15) is 5.10 Å². The second-order valence-corrected chi connectivity index (χ2v) is 6.48. The van der Waals surface area contributed by atoms with E-state index < -0.39 is 16.0 Å². The highest BCUT2D eigenvalue weighted by atomic mass is 32.2. The summed E-state index contributed by atoms with van der Waals surface area (Å²) in [5, 5.41) is 12.9. The van der Waals surface area contributed by atoms with Crippen LogP contribution in [0.5, 0.6) is 0 Å². The second kappa shape index (κ2) is 4.95. The number of aliphatic imine (C=N–C) groups is 1. The molecule has 8 nitrogen and oxygen atoms in total. The van der Waals surface area contributed by atoms with E-state index in [2.05, 4.69) is 10.1 Å². The maximum absolute atomic E-state index is 12.7. The Morgan fingerprint density at radius 1 is 1.32 bits per heavy atom. The number of carboxylic acids is 1. The molecule has 0 spiro atoms. The number of carbonyl (C=O) groups is 1. The highest BCUT2D eigenvalue weighted by molar-refractivity contribution is 7.93. The molecule has 3 rings (SSSR count). The predicted octanol–water partition coefficient (Wildman–Crippen LogP) is 0.916. The van der Waals surface area contributed by atoms with Gasteiger partial charge in [-0.25, -0.2) is 17.7 Å². The van der Waals surface area contributed by atoms with Gasteiger partial charge >= 0.3 is 5.97 Å². The lowest BCUT2D eigenvalue weighted by Crippen LogP contribution is -2.34. The van der Waals surface area contributed by atoms with Crippen molar-refractivity contribution in [1.29, 1.82) is 0 Å². The fourth-order valence-electron chi connectivity index (χ4n) is 2.28. The average molecular weight is 320 g/mol. The number of carboxylic acid groups (broad SMARTS) is 1. The van der Waals surface area contributed by atoms with E-state index >= 15 is 0 Å². The van der Waals surface area contributed by atoms with Crippen LogP contribution in [0.25, 0.3) is 0 Å². The van der Waals surface area contributed by atoms with Gasteiger partial charge in [-0.15, -0.1) is 0 Å². The Hall–Kier alpha value is -2.68. The van der Waals surface area contributed by atoms with Crippen LogP contribution in [-0.4, -0.2) is 35.6 Å². The van der Waals surface area contributed by atoms with Gasteiger partial charge < -0.3 is 5.11 Å². The van der Waals surface area contributed by atoms with Gasteiger partial charge in [-0.1, -0.05) is 12.1 Å². The molecule has 22 heavy (non-hydrogen) atoms. The van der Waals surface area contributed by atoms with Gasteiger partial charge in [0.05, 0.1) is 18.3 Å². The number of para-hydroxylation sites is 1. The zero-order chi connectivity index (χ0) is 15.9. The largest absolute Gasteiger partial charge is 0.481 e. The Labute approximate surface area is 126 Å². The molecule has 0 saturated heterocycles. The number of fused-ring (bicyclic) bond motifs is 1. The summed E-state index contributed by atoms with van der Waals surface area (Å²) < 4.78 is 27.8. The molecule has 9 heteroatoms. The molecular formula is C13H12N4O4S. The Kier molecular flexibility index (Phi) is 3.21. The first kappa shape index (κ1) is 14.3. The minimum absolute atomic E-state index is 0.0694. The zero-order valence-electron chi connectivity index (χ0n) is 11.5. The van der Waals surface area contributed by atoms with Crippen LogP contribution in [0.1, 0.15) is 5.56 Å². The lowest BCUT2D eigenvalue weighted by Gasteiger charge is -2.24. The zero-order valence-corrected chi connectivity index (χ0v) is 12.4. The van der Waals surface area contributed by atoms with Crippen molar-refractivity contribution in [3.05, 3.63) is 36.0 Å². The van der Waals surface area contributed by atoms with Gasteiger partial charge in [-0.3, -0.25) is 9.48 Å². The third-order valence-electron chi connectivity index (χ3n) is 3.23. The number of aryl methyl sites for hydroxylation is 1. The molecule has 1 aromatic carbocycles. The molecular weight excluding hydrogens is 308 g/mol. The van der Waals surface area contributed by atoms with E-state index in [1.54, 1.807) is 25.2 Å². The topological polar surface area (TPSA) is 105 Å². The fourth-order valence-corrected chi connectivity index (χ4v) is 3.76. The summed E-state index contributed by atoms with van der Waals surface area (Å²) in [6.07, 6.45) is 2.18. The summed E-state index contributed by atoms with van der Waals surface area (Å²) >= 11 is 0. The summed E-state index contributed by atoms with van der Waals surface area (Å²) in [5.41, 5.74) is 0.644. The Morgan fingerprint density at radius 3 is 2.77 bits per heavy atom. The number of aromatic nitrogens is 2. The third kappa shape index (κ3) is 2.15. The minimum Gasteiger partial charge on any atom is -0.481 e. The molecule has 0 radical (unpaired) electrons. The summed E-state index contributed by atoms with van der Waals surface area (Å²) in [4.78, 5) is 15.1. The van der Waals surface area contributed by atoms with Crippen LogP contribution >= 0.6 is 0 Å². The van der Waals surface area contributed by atoms with Crippen molar-refractivity contribution in [3.63, 3.8) is 0 Å². The lowest BCUT2D eigenvalue weighted by atomic mass is 10.2. The number of hydrogen-bond acceptors (Lipinski definition) is 5. The molecule has 114 valence electrons. The molecule has 0 atom stereocenters. The molecule has 0 fully saturated rings. The maximum atomic E-state index is 12.7. The van der Waals surface area contributed by atoms with Gasteiger partial charge in [0, 0.05) is 12.6 Å². The number of nitrogens with zero attached hydrogens (tertiary/aromatic N) is 4. The van der Waals surface area contributed by atoms with Crippen LogP contribution in [-0.2, 0) is 28.3 Å². The quantitative estimate of drug-likeness (QED) is 0.905. The standard InChI is InChI=1S/C13H12N4O4S/c1-16-13(9(7-15-16)6-12(18)19)17-8-14-10-4-2-3-5-11(10)22(17,20)21/h2-5,7-8H,6H2,1H3,(H,18,19). The second-order valence-electron chi connectivity index (χ2n) is 4.70. The first-order valence-electron chi connectivity index (χ1n) is 6.31. The van der Waals surface area contributed by atoms with E-state index in [1.807, 2.05) is 0 Å². The maximum Gasteiger partial charge on any atom is 0.308 e. The molecule has 0 unspecified atom stereocenters. The summed E-state index contributed by atoms with van der Waals surface area (Å²) in [6.45, 7) is 0. The van der Waals surface area contributed by atoms with Gasteiger partial charge in [0.1, 0.15) is 17.1 Å². The van der Waals surface area contributed by atoms with Crippen LogP contribution in [0.15, 0.2) is 40.4 Å². The van der Waals surface area contributed by atoms with Gasteiger partial charge in [-0.05, 0) is 12.1 Å². The van der Waals surface area contributed by atoms with E-state index in [4.69, 9.17) is 5.11 Å². The number of aliphatic carboxylic acids is 1. The predicted molar refractivity (Wildman–Crippen MR) is 78.8 cm³/mol. The van der Waals surface area contributed by atoms with E-state index in [1.165, 1.54) is 23.3 Å². The van der Waals surface area contributed by atoms with Crippen LogP contribution in [0.3, 0.4) is 0 Å². The van der Waals surface area contributed by atoms with E-state index in [9.17, 15) is 13.2 Å². The van der Waals surface area contributed by atoms with Crippen molar-refractivity contribution < 1.29 is 18.3 Å². The molecule has 1 aliphatic rings. The Bertz CT molecular complexity index is 885. The third-order valence-corrected chi connectivity index (χ3v) is 4.92. The molecule has 1 aromatic heterocycles. The summed E-state index contributed by atoms with van der Waals surface area (Å²) in [6, 6.07) is 6.36. The van der Waals surface area contributed by atoms with Gasteiger partial charge in [0.25, 0.3) is 10.0 Å². The highest BCUT2D eigenvalue weighted by Gasteiger charge is 2.33. The lowest BCUT2D eigenvalue weighted by molar-refractivity contribution is -0.136. The molecule has 1 aliphatic heterocycles. The van der Waals surface area contributed by atoms with Crippen molar-refractivity contribution in [3.8, 4) is 0 Å². The monoisotopic (exact) mass is 320 g/mol. The highest BCUT2D eigenvalue weighted by Crippen LogP contribution is 2.34. The fraction of sp³-hybridized carbons (Fsp3) is 0.154. The summed E-state index contributed by atoms with van der Waals surface area (Å²) in [7, 11) is -2.31. The Morgan fingerprint density at radius 2 is 2.05 bits per heavy atom. The Balaban J connectivity index is 2.16. The van der Waals surface area contributed by atoms with E-state index in [0.717, 1.165) is 4.31 Å². The molecule has 2 heterocycles. The van der Waals surface area contributed by atoms with Gasteiger partial charge in [0.2, 0.25) is 0 Å². The number of benzene rings is 1. The summed E-state index contributed by atoms with van der Waals surface area (Å²) in [5.74, 6) is -0.901. The van der Waals surface area contributed by atoms with Crippen LogP contribution < -0.4 is 4.31 Å². The number of hydrogen-bond donors (Lipinski definition) is 1. The molecule has 1 N–H and O–H groups in total. The van der Waals surface area contributed by atoms with E-state index in [-0.39, 0.29) is 17.1 Å². The van der Waals surface area contributed by atoms with Crippen LogP contribution in [0, 0.1) is 0 Å². The molecule has 0 bridgehead atoms. The van der Waals surface area contributed by atoms with Crippen molar-refractivity contribution >= 4 is 33.8 Å². The molecule has 2 aromatic rings. The first-order chi connectivity index (χ1) is 10.4. The minimum atomic E-state index is -3.86. The number of anilines is 1. The van der Waals surface area contributed by atoms with E-state index in [0.29, 0.717) is 11.3 Å². The average Bonchev–Trinajstić information content (AvgIpc) is 2.80.